The van der Waals surface area contributed by atoms with E-state index in [0.717, 1.165) is 38.9 Å². The molecule has 28 heavy (non-hydrogen) atoms. The van der Waals surface area contributed by atoms with E-state index in [0.29, 0.717) is 18.9 Å². The molecule has 1 N–H and O–H groups in total. The number of carbonyl (C=O) groups is 2. The van der Waals surface area contributed by atoms with E-state index in [2.05, 4.69) is 17.4 Å². The van der Waals surface area contributed by atoms with Crippen LogP contribution in [0.5, 0.6) is 0 Å². The third-order valence-corrected chi connectivity index (χ3v) is 6.17. The van der Waals surface area contributed by atoms with Crippen molar-refractivity contribution in [2.24, 2.45) is 11.8 Å². The standard InChI is InChI=1S/C22H33N3O2.ClH/c1-4-16(2)21(26)25-15-19-10-6-5-9-18(19)12-20(25)22(27)24-11-7-8-17(14-24)13-23-3;/h5-6,9-10,16-17,20,23H,4,7-8,11-15H2,1-3H3;1H. The summed E-state index contributed by atoms with van der Waals surface area (Å²) in [6, 6.07) is 7.85. The highest BCUT2D eigenvalue weighted by molar-refractivity contribution is 5.89. The van der Waals surface area contributed by atoms with E-state index in [1.54, 1.807) is 0 Å². The predicted octanol–water partition coefficient (Wildman–Crippen LogP) is 2.87. The average Bonchev–Trinajstić information content (AvgIpc) is 2.71. The van der Waals surface area contributed by atoms with Crippen LogP contribution in [-0.4, -0.2) is 54.3 Å². The zero-order valence-corrected chi connectivity index (χ0v) is 18.1. The van der Waals surface area contributed by atoms with Crippen molar-refractivity contribution >= 4 is 24.2 Å². The largest absolute Gasteiger partial charge is 0.341 e. The number of hydrogen-bond donors (Lipinski definition) is 1. The molecule has 2 aliphatic heterocycles. The topological polar surface area (TPSA) is 52.7 Å². The van der Waals surface area contributed by atoms with E-state index in [4.69, 9.17) is 0 Å². The number of amides is 2. The monoisotopic (exact) mass is 407 g/mol. The Bertz CT molecular complexity index is 680. The molecule has 0 aliphatic carbocycles. The molecule has 3 unspecified atom stereocenters. The van der Waals surface area contributed by atoms with Crippen LogP contribution < -0.4 is 5.32 Å². The smallest absolute Gasteiger partial charge is 0.245 e. The average molecular weight is 408 g/mol. The number of fused-ring (bicyclic) bond motifs is 1. The first-order chi connectivity index (χ1) is 13.0. The minimum Gasteiger partial charge on any atom is -0.341 e. The highest BCUT2D eigenvalue weighted by Gasteiger charge is 2.38. The lowest BCUT2D eigenvalue weighted by atomic mass is 9.90. The molecule has 2 aliphatic rings. The fourth-order valence-corrected chi connectivity index (χ4v) is 4.36. The van der Waals surface area contributed by atoms with Gasteiger partial charge in [0.2, 0.25) is 11.8 Å². The van der Waals surface area contributed by atoms with Gasteiger partial charge in [-0.25, -0.2) is 0 Å². The van der Waals surface area contributed by atoms with E-state index < -0.39 is 0 Å². The van der Waals surface area contributed by atoms with Crippen molar-refractivity contribution in [1.29, 1.82) is 0 Å². The second kappa shape index (κ2) is 10.3. The van der Waals surface area contributed by atoms with Crippen LogP contribution >= 0.6 is 12.4 Å². The molecule has 2 amide bonds. The number of rotatable bonds is 5. The molecule has 3 rings (SSSR count). The summed E-state index contributed by atoms with van der Waals surface area (Å²) in [5.41, 5.74) is 2.37. The molecule has 0 spiro atoms. The Morgan fingerprint density at radius 2 is 1.96 bits per heavy atom. The van der Waals surface area contributed by atoms with Gasteiger partial charge in [0.25, 0.3) is 0 Å². The summed E-state index contributed by atoms with van der Waals surface area (Å²) in [6.45, 7) is 7.08. The van der Waals surface area contributed by atoms with E-state index in [1.165, 1.54) is 11.1 Å². The van der Waals surface area contributed by atoms with Crippen LogP contribution in [0.2, 0.25) is 0 Å². The maximum Gasteiger partial charge on any atom is 0.245 e. The molecule has 1 aromatic carbocycles. The Hall–Kier alpha value is -1.59. The second-order valence-corrected chi connectivity index (χ2v) is 8.11. The number of halogens is 1. The summed E-state index contributed by atoms with van der Waals surface area (Å²) in [4.78, 5) is 30.3. The summed E-state index contributed by atoms with van der Waals surface area (Å²) in [5.74, 6) is 0.683. The number of likely N-dealkylation sites (tertiary alicyclic amines) is 1. The van der Waals surface area contributed by atoms with Gasteiger partial charge in [-0.3, -0.25) is 9.59 Å². The molecule has 2 heterocycles. The molecule has 1 fully saturated rings. The molecular weight excluding hydrogens is 374 g/mol. The van der Waals surface area contributed by atoms with Crippen LogP contribution in [0.4, 0.5) is 0 Å². The third-order valence-electron chi connectivity index (χ3n) is 6.17. The lowest BCUT2D eigenvalue weighted by molar-refractivity contribution is -0.150. The lowest BCUT2D eigenvalue weighted by Gasteiger charge is -2.41. The third kappa shape index (κ3) is 4.87. The molecular formula is C22H34ClN3O2. The SMILES string of the molecule is CCC(C)C(=O)N1Cc2ccccc2CC1C(=O)N1CCCC(CNC)C1.Cl. The zero-order valence-electron chi connectivity index (χ0n) is 17.3. The molecule has 0 bridgehead atoms. The maximum absolute atomic E-state index is 13.5. The summed E-state index contributed by atoms with van der Waals surface area (Å²) >= 11 is 0. The Balaban J connectivity index is 0.00000280. The first-order valence-electron chi connectivity index (χ1n) is 10.4. The number of benzene rings is 1. The minimum atomic E-state index is -0.366. The molecule has 1 saturated heterocycles. The van der Waals surface area contributed by atoms with Gasteiger partial charge >= 0.3 is 0 Å². The fourth-order valence-electron chi connectivity index (χ4n) is 4.36. The van der Waals surface area contributed by atoms with Gasteiger partial charge in [-0.15, -0.1) is 12.4 Å². The Morgan fingerprint density at radius 3 is 2.64 bits per heavy atom. The predicted molar refractivity (Wildman–Crippen MR) is 114 cm³/mol. The Morgan fingerprint density at radius 1 is 1.25 bits per heavy atom. The number of nitrogens with zero attached hydrogens (tertiary/aromatic N) is 2. The zero-order chi connectivity index (χ0) is 19.4. The summed E-state index contributed by atoms with van der Waals surface area (Å²) in [5, 5.41) is 3.24. The van der Waals surface area contributed by atoms with Crippen molar-refractivity contribution < 1.29 is 9.59 Å². The molecule has 3 atom stereocenters. The van der Waals surface area contributed by atoms with Gasteiger partial charge in [-0.2, -0.15) is 0 Å². The van der Waals surface area contributed by atoms with Crippen molar-refractivity contribution in [3.63, 3.8) is 0 Å². The highest BCUT2D eigenvalue weighted by atomic mass is 35.5. The first-order valence-corrected chi connectivity index (χ1v) is 10.4. The molecule has 1 aromatic rings. The molecule has 0 aromatic heterocycles. The maximum atomic E-state index is 13.5. The fraction of sp³-hybridized carbons (Fsp3) is 0.636. The molecule has 0 saturated carbocycles. The number of piperidine rings is 1. The number of nitrogens with one attached hydrogen (secondary N) is 1. The van der Waals surface area contributed by atoms with Crippen molar-refractivity contribution in [1.82, 2.24) is 15.1 Å². The molecule has 0 radical (unpaired) electrons. The van der Waals surface area contributed by atoms with Crippen molar-refractivity contribution in [2.45, 2.75) is 52.1 Å². The van der Waals surface area contributed by atoms with Gasteiger partial charge in [0.1, 0.15) is 6.04 Å². The Labute approximate surface area is 175 Å². The van der Waals surface area contributed by atoms with Crippen LogP contribution in [0, 0.1) is 11.8 Å². The van der Waals surface area contributed by atoms with Crippen LogP contribution in [-0.2, 0) is 22.6 Å². The van der Waals surface area contributed by atoms with E-state index in [9.17, 15) is 9.59 Å². The van der Waals surface area contributed by atoms with Gasteiger partial charge in [0.05, 0.1) is 0 Å². The Kier molecular flexibility index (Phi) is 8.32. The second-order valence-electron chi connectivity index (χ2n) is 8.11. The van der Waals surface area contributed by atoms with Crippen LogP contribution in [0.15, 0.2) is 24.3 Å². The molecule has 5 nitrogen and oxygen atoms in total. The van der Waals surface area contributed by atoms with Gasteiger partial charge < -0.3 is 15.1 Å². The summed E-state index contributed by atoms with van der Waals surface area (Å²) in [7, 11) is 1.96. The van der Waals surface area contributed by atoms with Gasteiger partial charge in [-0.05, 0) is 49.9 Å². The van der Waals surface area contributed by atoms with Crippen LogP contribution in [0.1, 0.15) is 44.2 Å². The highest BCUT2D eigenvalue weighted by Crippen LogP contribution is 2.28. The summed E-state index contributed by atoms with van der Waals surface area (Å²) < 4.78 is 0. The van der Waals surface area contributed by atoms with E-state index in [-0.39, 0.29) is 36.2 Å². The van der Waals surface area contributed by atoms with E-state index >= 15 is 0 Å². The van der Waals surface area contributed by atoms with Gasteiger partial charge in [0, 0.05) is 32.0 Å². The first kappa shape index (κ1) is 22.7. The number of hydrogen-bond acceptors (Lipinski definition) is 3. The van der Waals surface area contributed by atoms with Crippen molar-refractivity contribution in [3.8, 4) is 0 Å². The quantitative estimate of drug-likeness (QED) is 0.816. The lowest BCUT2D eigenvalue weighted by Crippen LogP contribution is -2.56. The molecule has 6 heteroatoms. The van der Waals surface area contributed by atoms with Gasteiger partial charge in [0.15, 0.2) is 0 Å². The van der Waals surface area contributed by atoms with Crippen molar-refractivity contribution in [2.75, 3.05) is 26.7 Å². The minimum absolute atomic E-state index is 0. The van der Waals surface area contributed by atoms with E-state index in [1.807, 2.05) is 42.8 Å². The molecule has 156 valence electrons. The number of carbonyl (C=O) groups excluding carboxylic acids is 2. The van der Waals surface area contributed by atoms with Crippen molar-refractivity contribution in [3.05, 3.63) is 35.4 Å². The van der Waals surface area contributed by atoms with Crippen LogP contribution in [0.3, 0.4) is 0 Å². The normalized spacial score (nSPS) is 22.8. The van der Waals surface area contributed by atoms with Crippen LogP contribution in [0.25, 0.3) is 0 Å². The van der Waals surface area contributed by atoms with Gasteiger partial charge in [-0.1, -0.05) is 38.1 Å². The summed E-state index contributed by atoms with van der Waals surface area (Å²) in [6.07, 6.45) is 3.63.